The fourth-order valence-electron chi connectivity index (χ4n) is 4.29. The third kappa shape index (κ3) is 2.16. The van der Waals surface area contributed by atoms with E-state index in [0.717, 1.165) is 64.5 Å². The number of hydrogen-bond acceptors (Lipinski definition) is 4. The van der Waals surface area contributed by atoms with Crippen molar-refractivity contribution < 1.29 is 4.79 Å². The maximum absolute atomic E-state index is 12.7. The molecule has 0 unspecified atom stereocenters. The Morgan fingerprint density at radius 3 is 2.89 bits per heavy atom. The van der Waals surface area contributed by atoms with Gasteiger partial charge in [0.2, 0.25) is 0 Å². The average molecular weight is 370 g/mol. The number of benzene rings is 1. The van der Waals surface area contributed by atoms with Crippen molar-refractivity contribution in [3.63, 3.8) is 0 Å². The van der Waals surface area contributed by atoms with Crippen molar-refractivity contribution in [3.05, 3.63) is 65.2 Å². The molecular weight excluding hydrogens is 352 g/mol. The summed E-state index contributed by atoms with van der Waals surface area (Å²) in [5, 5.41) is 10.8. The van der Waals surface area contributed by atoms with E-state index in [1.165, 1.54) is 0 Å². The second-order valence-corrected chi connectivity index (χ2v) is 7.22. The van der Waals surface area contributed by atoms with Gasteiger partial charge in [0.15, 0.2) is 0 Å². The van der Waals surface area contributed by atoms with Crippen LogP contribution in [0.15, 0.2) is 42.7 Å². The van der Waals surface area contributed by atoms with Gasteiger partial charge in [0.25, 0.3) is 5.91 Å². The van der Waals surface area contributed by atoms with Gasteiger partial charge in [-0.05, 0) is 29.3 Å². The summed E-state index contributed by atoms with van der Waals surface area (Å²) in [5.41, 5.74) is 7.88. The van der Waals surface area contributed by atoms with Gasteiger partial charge in [0, 0.05) is 43.4 Å². The molecule has 138 valence electrons. The van der Waals surface area contributed by atoms with Crippen molar-refractivity contribution in [1.29, 1.82) is 0 Å². The number of fused-ring (bicyclic) bond motifs is 3. The number of hydrogen-bond donors (Lipinski definition) is 3. The van der Waals surface area contributed by atoms with Crippen molar-refractivity contribution in [2.45, 2.75) is 19.5 Å². The van der Waals surface area contributed by atoms with Crippen LogP contribution in [0.4, 0.5) is 0 Å². The molecule has 28 heavy (non-hydrogen) atoms. The van der Waals surface area contributed by atoms with E-state index >= 15 is 0 Å². The minimum absolute atomic E-state index is 0.0455. The Morgan fingerprint density at radius 1 is 1.04 bits per heavy atom. The highest BCUT2D eigenvalue weighted by Crippen LogP contribution is 2.37. The second-order valence-electron chi connectivity index (χ2n) is 7.22. The number of pyridine rings is 1. The van der Waals surface area contributed by atoms with E-state index in [1.807, 2.05) is 41.2 Å². The molecule has 0 saturated carbocycles. The van der Waals surface area contributed by atoms with Crippen molar-refractivity contribution in [2.75, 3.05) is 6.54 Å². The molecule has 7 nitrogen and oxygen atoms in total. The second kappa shape index (κ2) is 5.77. The van der Waals surface area contributed by atoms with E-state index in [0.29, 0.717) is 12.1 Å². The lowest BCUT2D eigenvalue weighted by Gasteiger charge is -2.10. The highest BCUT2D eigenvalue weighted by molar-refractivity contribution is 6.06. The van der Waals surface area contributed by atoms with Crippen LogP contribution in [-0.2, 0) is 19.5 Å². The summed E-state index contributed by atoms with van der Waals surface area (Å²) < 4.78 is 1.85. The molecule has 7 heteroatoms. The van der Waals surface area contributed by atoms with Crippen LogP contribution in [0, 0.1) is 0 Å². The van der Waals surface area contributed by atoms with Gasteiger partial charge in [-0.25, -0.2) is 9.50 Å². The van der Waals surface area contributed by atoms with Gasteiger partial charge in [-0.15, -0.1) is 0 Å². The first kappa shape index (κ1) is 15.6. The molecule has 5 heterocycles. The minimum atomic E-state index is -0.0455. The summed E-state index contributed by atoms with van der Waals surface area (Å²) in [6.45, 7) is 2.24. The largest absolute Gasteiger partial charge is 0.348 e. The number of nitrogens with one attached hydrogen (secondary N) is 3. The topological polar surface area (TPSA) is 87.1 Å². The van der Waals surface area contributed by atoms with E-state index in [-0.39, 0.29) is 5.91 Å². The van der Waals surface area contributed by atoms with Gasteiger partial charge in [0.1, 0.15) is 5.82 Å². The summed E-state index contributed by atoms with van der Waals surface area (Å²) in [5.74, 6) is 0.726. The van der Waals surface area contributed by atoms with Crippen LogP contribution in [0.2, 0.25) is 0 Å². The Labute approximate surface area is 160 Å². The smallest absolute Gasteiger partial charge is 0.252 e. The van der Waals surface area contributed by atoms with Crippen LogP contribution in [0.25, 0.3) is 28.0 Å². The summed E-state index contributed by atoms with van der Waals surface area (Å²) in [6, 6.07) is 10.1. The van der Waals surface area contributed by atoms with E-state index < -0.39 is 0 Å². The number of carbonyl (C=O) groups excluding carboxylic acids is 1. The zero-order valence-corrected chi connectivity index (χ0v) is 15.1. The molecule has 3 N–H and O–H groups in total. The third-order valence-corrected chi connectivity index (χ3v) is 5.64. The zero-order valence-electron chi connectivity index (χ0n) is 15.1. The first-order valence-electron chi connectivity index (χ1n) is 9.45. The van der Waals surface area contributed by atoms with E-state index in [9.17, 15) is 4.79 Å². The quantitative estimate of drug-likeness (QED) is 0.505. The molecule has 2 aliphatic rings. The molecule has 1 amide bonds. The van der Waals surface area contributed by atoms with Crippen molar-refractivity contribution in [3.8, 4) is 22.5 Å². The lowest BCUT2D eigenvalue weighted by Crippen LogP contribution is -2.23. The first-order chi connectivity index (χ1) is 13.8. The van der Waals surface area contributed by atoms with E-state index in [1.54, 1.807) is 0 Å². The highest BCUT2D eigenvalue weighted by atomic mass is 16.1. The van der Waals surface area contributed by atoms with Gasteiger partial charge in [0.05, 0.1) is 28.7 Å². The normalized spacial score (nSPS) is 15.5. The predicted molar refractivity (Wildman–Crippen MR) is 105 cm³/mol. The standard InChI is InChI=1S/C21H18N6O/c28-21-19-13(20-25-16-6-7-22-11-17(16)26-20)5-4-12(15(19)9-23-21)14-10-24-27-8-2-1-3-18(14)27/h1-5,8,10,22H,6-7,9,11H2,(H,23,28)(H,25,26). The fraction of sp³-hybridized carbons (Fsp3) is 0.190. The van der Waals surface area contributed by atoms with Gasteiger partial charge < -0.3 is 15.6 Å². The highest BCUT2D eigenvalue weighted by Gasteiger charge is 2.29. The van der Waals surface area contributed by atoms with E-state index in [4.69, 9.17) is 4.98 Å². The monoisotopic (exact) mass is 370 g/mol. The number of aromatic amines is 1. The predicted octanol–water partition coefficient (Wildman–Crippen LogP) is 2.28. The molecule has 0 saturated heterocycles. The molecule has 0 atom stereocenters. The van der Waals surface area contributed by atoms with Crippen LogP contribution in [0.1, 0.15) is 27.3 Å². The van der Waals surface area contributed by atoms with Crippen molar-refractivity contribution in [2.24, 2.45) is 0 Å². The number of imidazole rings is 1. The molecule has 3 aromatic heterocycles. The van der Waals surface area contributed by atoms with Gasteiger partial charge in [-0.3, -0.25) is 4.79 Å². The summed E-state index contributed by atoms with van der Waals surface area (Å²) >= 11 is 0. The van der Waals surface area contributed by atoms with Gasteiger partial charge >= 0.3 is 0 Å². The third-order valence-electron chi connectivity index (χ3n) is 5.64. The summed E-state index contributed by atoms with van der Waals surface area (Å²) in [7, 11) is 0. The Morgan fingerprint density at radius 2 is 1.96 bits per heavy atom. The van der Waals surface area contributed by atoms with Crippen LogP contribution < -0.4 is 10.6 Å². The zero-order chi connectivity index (χ0) is 18.7. The van der Waals surface area contributed by atoms with Gasteiger partial charge in [-0.2, -0.15) is 5.10 Å². The fourth-order valence-corrected chi connectivity index (χ4v) is 4.29. The number of amides is 1. The van der Waals surface area contributed by atoms with Crippen molar-refractivity contribution in [1.82, 2.24) is 30.2 Å². The number of H-pyrrole nitrogens is 1. The summed E-state index contributed by atoms with van der Waals surface area (Å²) in [4.78, 5) is 20.9. The van der Waals surface area contributed by atoms with Gasteiger partial charge in [-0.1, -0.05) is 12.1 Å². The van der Waals surface area contributed by atoms with Crippen LogP contribution in [0.3, 0.4) is 0 Å². The Kier molecular flexibility index (Phi) is 3.21. The molecule has 0 fully saturated rings. The number of carbonyl (C=O) groups is 1. The maximum Gasteiger partial charge on any atom is 0.252 e. The Balaban J connectivity index is 1.55. The Bertz CT molecular complexity index is 1230. The van der Waals surface area contributed by atoms with Crippen LogP contribution in [-0.4, -0.2) is 32.0 Å². The van der Waals surface area contributed by atoms with Crippen LogP contribution >= 0.6 is 0 Å². The molecule has 0 bridgehead atoms. The SMILES string of the molecule is O=C1NCc2c(-c3cnn4ccccc34)ccc(-c3nc4c([nH]3)CNCC4)c21. The first-order valence-corrected chi connectivity index (χ1v) is 9.45. The molecule has 1 aromatic carbocycles. The number of nitrogens with zero attached hydrogens (tertiary/aromatic N) is 3. The molecule has 4 aromatic rings. The molecule has 2 aliphatic heterocycles. The number of rotatable bonds is 2. The Hall–Kier alpha value is -3.45. The lowest BCUT2D eigenvalue weighted by molar-refractivity contribution is 0.0966. The molecule has 0 spiro atoms. The molecule has 0 radical (unpaired) electrons. The van der Waals surface area contributed by atoms with Crippen LogP contribution in [0.5, 0.6) is 0 Å². The number of aromatic nitrogens is 4. The lowest BCUT2D eigenvalue weighted by atomic mass is 9.93. The van der Waals surface area contributed by atoms with E-state index in [2.05, 4.69) is 26.8 Å². The minimum Gasteiger partial charge on any atom is -0.348 e. The molecule has 6 rings (SSSR count). The molecule has 0 aliphatic carbocycles. The van der Waals surface area contributed by atoms with Crippen molar-refractivity contribution >= 4 is 11.4 Å². The molecular formula is C21H18N6O. The maximum atomic E-state index is 12.7. The average Bonchev–Trinajstić information content (AvgIpc) is 3.44. The summed E-state index contributed by atoms with van der Waals surface area (Å²) in [6.07, 6.45) is 4.70.